The number of carbonyl (C=O) groups excluding carboxylic acids is 2. The van der Waals surface area contributed by atoms with Crippen molar-refractivity contribution in [3.8, 4) is 11.3 Å². The predicted molar refractivity (Wildman–Crippen MR) is 123 cm³/mol. The van der Waals surface area contributed by atoms with Gasteiger partial charge in [0.25, 0.3) is 5.91 Å². The molecule has 5 rings (SSSR count). The summed E-state index contributed by atoms with van der Waals surface area (Å²) in [6.07, 6.45) is 3.96. The van der Waals surface area contributed by atoms with Crippen molar-refractivity contribution in [1.82, 2.24) is 15.5 Å². The molecule has 0 aliphatic heterocycles. The monoisotopic (exact) mass is 445 g/mol. The molecule has 1 aliphatic carbocycles. The van der Waals surface area contributed by atoms with Crippen LogP contribution in [0.2, 0.25) is 0 Å². The molecule has 1 amide bonds. The number of carbonyl (C=O) groups is 2. The molecule has 0 saturated heterocycles. The van der Waals surface area contributed by atoms with Crippen molar-refractivity contribution >= 4 is 22.6 Å². The zero-order valence-electron chi connectivity index (χ0n) is 18.4. The van der Waals surface area contributed by atoms with E-state index in [0.717, 1.165) is 0 Å². The lowest BCUT2D eigenvalue weighted by Crippen LogP contribution is -2.25. The number of rotatable bonds is 7. The highest BCUT2D eigenvalue weighted by molar-refractivity contribution is 6.19. The highest BCUT2D eigenvalue weighted by atomic mass is 19.1. The molecule has 1 fully saturated rings. The fourth-order valence-corrected chi connectivity index (χ4v) is 4.00. The van der Waals surface area contributed by atoms with Gasteiger partial charge in [0.15, 0.2) is 5.76 Å². The van der Waals surface area contributed by atoms with E-state index in [1.807, 2.05) is 13.8 Å². The smallest absolute Gasteiger partial charge is 0.251 e. The Morgan fingerprint density at radius 1 is 1.21 bits per heavy atom. The number of hydrogen-bond donors (Lipinski definition) is 2. The molecule has 0 atom stereocenters. The normalized spacial score (nSPS) is 13.6. The molecule has 7 heteroatoms. The van der Waals surface area contributed by atoms with Crippen LogP contribution in [0, 0.1) is 11.7 Å². The second-order valence-electron chi connectivity index (χ2n) is 8.88. The molecule has 4 aromatic rings. The number of aromatic amines is 1. The quantitative estimate of drug-likeness (QED) is 0.370. The van der Waals surface area contributed by atoms with Gasteiger partial charge < -0.3 is 14.8 Å². The fraction of sp³-hybridized carbons (Fsp3) is 0.269. The van der Waals surface area contributed by atoms with Gasteiger partial charge in [-0.05, 0) is 43.0 Å². The van der Waals surface area contributed by atoms with Gasteiger partial charge in [-0.3, -0.25) is 9.59 Å². The van der Waals surface area contributed by atoms with E-state index in [4.69, 9.17) is 4.52 Å². The van der Waals surface area contributed by atoms with Crippen LogP contribution in [0.3, 0.4) is 0 Å². The summed E-state index contributed by atoms with van der Waals surface area (Å²) < 4.78 is 19.4. The second kappa shape index (κ2) is 8.31. The van der Waals surface area contributed by atoms with E-state index in [1.54, 1.807) is 36.5 Å². The molecule has 2 N–H and O–H groups in total. The van der Waals surface area contributed by atoms with E-state index < -0.39 is 5.82 Å². The Bertz CT molecular complexity index is 1360. The van der Waals surface area contributed by atoms with Crippen LogP contribution < -0.4 is 5.32 Å². The van der Waals surface area contributed by atoms with Gasteiger partial charge in [0.1, 0.15) is 11.5 Å². The van der Waals surface area contributed by atoms with E-state index in [1.165, 1.54) is 25.0 Å². The SMILES string of the molecule is CC(C)c1onc(-c2cccc(F)c2)c1C(=O)c1c[nH]c2cc(C(=O)NCC3CC3)ccc12. The number of nitrogens with zero attached hydrogens (tertiary/aromatic N) is 1. The van der Waals surface area contributed by atoms with Gasteiger partial charge >= 0.3 is 0 Å². The largest absolute Gasteiger partial charge is 0.360 e. The molecule has 1 aliphatic rings. The van der Waals surface area contributed by atoms with Gasteiger partial charge in [-0.1, -0.05) is 37.2 Å². The molecule has 0 bridgehead atoms. The average Bonchev–Trinajstić information content (AvgIpc) is 3.36. The van der Waals surface area contributed by atoms with Gasteiger partial charge in [0.05, 0.1) is 5.56 Å². The van der Waals surface area contributed by atoms with Crippen molar-refractivity contribution in [3.63, 3.8) is 0 Å². The highest BCUT2D eigenvalue weighted by Gasteiger charge is 2.28. The van der Waals surface area contributed by atoms with Crippen LogP contribution in [-0.2, 0) is 0 Å². The Balaban J connectivity index is 1.52. The molecule has 1 saturated carbocycles. The number of benzene rings is 2. The fourth-order valence-electron chi connectivity index (χ4n) is 4.00. The zero-order valence-corrected chi connectivity index (χ0v) is 18.4. The lowest BCUT2D eigenvalue weighted by molar-refractivity contribution is 0.0951. The standard InChI is InChI=1S/C26H24FN3O3/c1-14(2)25-22(23(30-33-25)16-4-3-5-18(27)10-16)24(31)20-13-28-21-11-17(8-9-19(20)21)26(32)29-12-15-6-7-15/h3-5,8-11,13-15,28H,6-7,12H2,1-2H3,(H,29,32). The average molecular weight is 445 g/mol. The lowest BCUT2D eigenvalue weighted by Gasteiger charge is -2.07. The lowest BCUT2D eigenvalue weighted by atomic mass is 9.94. The van der Waals surface area contributed by atoms with Crippen LogP contribution in [0.25, 0.3) is 22.2 Å². The van der Waals surface area contributed by atoms with Crippen LogP contribution in [0.4, 0.5) is 4.39 Å². The third-order valence-electron chi connectivity index (χ3n) is 6.00. The van der Waals surface area contributed by atoms with Crippen LogP contribution in [0.1, 0.15) is 64.6 Å². The van der Waals surface area contributed by atoms with E-state index in [2.05, 4.69) is 15.5 Å². The predicted octanol–water partition coefficient (Wildman–Crippen LogP) is 5.46. The second-order valence-corrected chi connectivity index (χ2v) is 8.88. The minimum absolute atomic E-state index is 0.0919. The number of halogens is 1. The highest BCUT2D eigenvalue weighted by Crippen LogP contribution is 2.34. The van der Waals surface area contributed by atoms with Crippen molar-refractivity contribution in [1.29, 1.82) is 0 Å². The number of hydrogen-bond acceptors (Lipinski definition) is 4. The van der Waals surface area contributed by atoms with E-state index in [0.29, 0.717) is 57.1 Å². The number of ketones is 1. The summed E-state index contributed by atoms with van der Waals surface area (Å²) in [5.41, 5.74) is 2.78. The Morgan fingerprint density at radius 2 is 2.03 bits per heavy atom. The third-order valence-corrected chi connectivity index (χ3v) is 6.00. The summed E-state index contributed by atoms with van der Waals surface area (Å²) in [6, 6.07) is 11.2. The molecule has 0 spiro atoms. The molecule has 0 unspecified atom stereocenters. The van der Waals surface area contributed by atoms with Gasteiger partial charge in [0.2, 0.25) is 5.78 Å². The zero-order chi connectivity index (χ0) is 23.1. The summed E-state index contributed by atoms with van der Waals surface area (Å²) in [5.74, 6) is 0.144. The number of fused-ring (bicyclic) bond motifs is 1. The maximum Gasteiger partial charge on any atom is 0.251 e. The van der Waals surface area contributed by atoms with Crippen LogP contribution >= 0.6 is 0 Å². The summed E-state index contributed by atoms with van der Waals surface area (Å²) in [6.45, 7) is 4.52. The number of aromatic nitrogens is 2. The molecular formula is C26H24FN3O3. The van der Waals surface area contributed by atoms with Crippen molar-refractivity contribution in [2.24, 2.45) is 5.92 Å². The first-order valence-corrected chi connectivity index (χ1v) is 11.1. The summed E-state index contributed by atoms with van der Waals surface area (Å²) in [7, 11) is 0. The number of H-pyrrole nitrogens is 1. The van der Waals surface area contributed by atoms with E-state index in [-0.39, 0.29) is 17.6 Å². The molecule has 0 radical (unpaired) electrons. The first kappa shape index (κ1) is 21.1. The van der Waals surface area contributed by atoms with Crippen molar-refractivity contribution < 1.29 is 18.5 Å². The number of nitrogens with one attached hydrogen (secondary N) is 2. The Labute approximate surface area is 190 Å². The van der Waals surface area contributed by atoms with Gasteiger partial charge in [-0.25, -0.2) is 4.39 Å². The van der Waals surface area contributed by atoms with Crippen molar-refractivity contribution in [3.05, 3.63) is 76.9 Å². The van der Waals surface area contributed by atoms with E-state index in [9.17, 15) is 14.0 Å². The molecule has 2 heterocycles. The maximum atomic E-state index is 13.9. The Hall–Kier alpha value is -3.74. The molecule has 168 valence electrons. The first-order chi connectivity index (χ1) is 15.9. The van der Waals surface area contributed by atoms with Crippen LogP contribution in [0.5, 0.6) is 0 Å². The Morgan fingerprint density at radius 3 is 2.76 bits per heavy atom. The summed E-state index contributed by atoms with van der Waals surface area (Å²) >= 11 is 0. The van der Waals surface area contributed by atoms with Crippen molar-refractivity contribution in [2.75, 3.05) is 6.54 Å². The molecule has 6 nitrogen and oxygen atoms in total. The van der Waals surface area contributed by atoms with Crippen LogP contribution in [-0.4, -0.2) is 28.4 Å². The van der Waals surface area contributed by atoms with Gasteiger partial charge in [-0.15, -0.1) is 0 Å². The molecular weight excluding hydrogens is 421 g/mol. The first-order valence-electron chi connectivity index (χ1n) is 11.1. The summed E-state index contributed by atoms with van der Waals surface area (Å²) in [4.78, 5) is 29.3. The van der Waals surface area contributed by atoms with Gasteiger partial charge in [-0.2, -0.15) is 0 Å². The van der Waals surface area contributed by atoms with E-state index >= 15 is 0 Å². The number of amides is 1. The van der Waals surface area contributed by atoms with Crippen LogP contribution in [0.15, 0.2) is 53.2 Å². The minimum Gasteiger partial charge on any atom is -0.360 e. The van der Waals surface area contributed by atoms with Gasteiger partial charge in [0, 0.05) is 46.3 Å². The molecule has 2 aromatic heterocycles. The maximum absolute atomic E-state index is 13.9. The topological polar surface area (TPSA) is 88.0 Å². The molecule has 2 aromatic carbocycles. The third kappa shape index (κ3) is 4.06. The summed E-state index contributed by atoms with van der Waals surface area (Å²) in [5, 5.41) is 7.76. The van der Waals surface area contributed by atoms with Crippen molar-refractivity contribution in [2.45, 2.75) is 32.6 Å². The minimum atomic E-state index is -0.417. The Kier molecular flexibility index (Phi) is 5.32. The molecule has 33 heavy (non-hydrogen) atoms.